The summed E-state index contributed by atoms with van der Waals surface area (Å²) >= 11 is 0. The molecular weight excluding hydrogens is 270 g/mol. The normalized spacial score (nSPS) is 11.0. The summed E-state index contributed by atoms with van der Waals surface area (Å²) < 4.78 is 11.9. The maximum absolute atomic E-state index is 12.1. The van der Waals surface area contributed by atoms with Gasteiger partial charge in [0.2, 0.25) is 0 Å². The highest BCUT2D eigenvalue weighted by molar-refractivity contribution is 6.01. The van der Waals surface area contributed by atoms with Crippen molar-refractivity contribution >= 4 is 16.9 Å². The van der Waals surface area contributed by atoms with E-state index in [2.05, 4.69) is 0 Å². The molecule has 114 valence electrons. The first-order valence-electron chi connectivity index (χ1n) is 7.17. The molecule has 0 bridgehead atoms. The van der Waals surface area contributed by atoms with E-state index in [9.17, 15) is 9.90 Å². The topological polar surface area (TPSA) is 60.7 Å². The lowest BCUT2D eigenvalue weighted by Crippen LogP contribution is -2.13. The summed E-state index contributed by atoms with van der Waals surface area (Å²) in [6.45, 7) is 3.35. The highest BCUT2D eigenvalue weighted by Gasteiger charge is 2.23. The third-order valence-corrected chi connectivity index (χ3v) is 3.39. The van der Waals surface area contributed by atoms with Gasteiger partial charge in [-0.25, -0.2) is 4.79 Å². The maximum Gasteiger partial charge on any atom is 0.358 e. The number of para-hydroxylation sites is 1. The van der Waals surface area contributed by atoms with Crippen molar-refractivity contribution in [1.82, 2.24) is 4.57 Å². The number of rotatable bonds is 7. The number of benzene rings is 1. The summed E-state index contributed by atoms with van der Waals surface area (Å²) in [7, 11) is 1.67. The first-order chi connectivity index (χ1) is 10.2. The lowest BCUT2D eigenvalue weighted by Gasteiger charge is -2.10. The molecule has 0 aliphatic heterocycles. The van der Waals surface area contributed by atoms with Crippen LogP contribution in [0.1, 0.15) is 30.3 Å². The second kappa shape index (κ2) is 7.13. The first-order valence-corrected chi connectivity index (χ1v) is 7.17. The third-order valence-electron chi connectivity index (χ3n) is 3.39. The molecule has 0 spiro atoms. The third kappa shape index (κ3) is 3.19. The van der Waals surface area contributed by atoms with Crippen molar-refractivity contribution in [3.63, 3.8) is 0 Å². The van der Waals surface area contributed by atoms with E-state index in [-0.39, 0.29) is 18.1 Å². The fourth-order valence-electron chi connectivity index (χ4n) is 2.44. The number of carbonyl (C=O) groups excluding carboxylic acids is 1. The Labute approximate surface area is 124 Å². The first kappa shape index (κ1) is 15.4. The molecule has 0 fully saturated rings. The average Bonchev–Trinajstić information content (AvgIpc) is 2.77. The molecule has 1 N–H and O–H groups in total. The van der Waals surface area contributed by atoms with Crippen LogP contribution < -0.4 is 0 Å². The van der Waals surface area contributed by atoms with Gasteiger partial charge in [-0.15, -0.1) is 0 Å². The molecule has 21 heavy (non-hydrogen) atoms. The number of ether oxygens (including phenoxy) is 2. The van der Waals surface area contributed by atoms with Crippen LogP contribution in [0, 0.1) is 0 Å². The number of unbranched alkanes of at least 4 members (excludes halogenated alkanes) is 1. The molecule has 0 aliphatic rings. The summed E-state index contributed by atoms with van der Waals surface area (Å²) in [5.41, 5.74) is 1.07. The molecule has 0 atom stereocenters. The summed E-state index contributed by atoms with van der Waals surface area (Å²) in [6.07, 6.45) is 1.75. The Morgan fingerprint density at radius 2 is 2.05 bits per heavy atom. The van der Waals surface area contributed by atoms with Crippen LogP contribution in [0.4, 0.5) is 0 Å². The SMILES string of the molecule is CCOC(=O)c1c(O)c2ccccc2n1CCCCOC. The molecule has 0 amide bonds. The van der Waals surface area contributed by atoms with Crippen molar-refractivity contribution in [3.05, 3.63) is 30.0 Å². The minimum atomic E-state index is -0.488. The van der Waals surface area contributed by atoms with Crippen molar-refractivity contribution in [3.8, 4) is 5.75 Å². The van der Waals surface area contributed by atoms with Crippen LogP contribution in [0.3, 0.4) is 0 Å². The Balaban J connectivity index is 2.38. The fourth-order valence-corrected chi connectivity index (χ4v) is 2.44. The minimum Gasteiger partial charge on any atom is -0.505 e. The molecule has 5 heteroatoms. The smallest absolute Gasteiger partial charge is 0.358 e. The second-order valence-electron chi connectivity index (χ2n) is 4.79. The molecule has 1 aromatic heterocycles. The van der Waals surface area contributed by atoms with Gasteiger partial charge < -0.3 is 19.1 Å². The van der Waals surface area contributed by atoms with Crippen LogP contribution in [0.25, 0.3) is 10.9 Å². The van der Waals surface area contributed by atoms with Gasteiger partial charge in [0.1, 0.15) is 0 Å². The maximum atomic E-state index is 12.1. The van der Waals surface area contributed by atoms with Crippen molar-refractivity contribution < 1.29 is 19.4 Å². The van der Waals surface area contributed by atoms with E-state index in [0.717, 1.165) is 18.4 Å². The van der Waals surface area contributed by atoms with Crippen molar-refractivity contribution in [2.45, 2.75) is 26.3 Å². The standard InChI is InChI=1S/C16H21NO4/c1-3-21-16(19)14-15(18)12-8-4-5-9-13(12)17(14)10-6-7-11-20-2/h4-5,8-9,18H,3,6-7,10-11H2,1-2H3. The largest absolute Gasteiger partial charge is 0.505 e. The molecule has 0 saturated carbocycles. The van der Waals surface area contributed by atoms with E-state index in [1.54, 1.807) is 20.1 Å². The summed E-state index contributed by atoms with van der Waals surface area (Å²) in [5, 5.41) is 11.0. The Morgan fingerprint density at radius 1 is 1.29 bits per heavy atom. The Kier molecular flexibility index (Phi) is 5.22. The van der Waals surface area contributed by atoms with Crippen LogP contribution in [0.5, 0.6) is 5.75 Å². The highest BCUT2D eigenvalue weighted by atomic mass is 16.5. The number of aryl methyl sites for hydroxylation is 1. The van der Waals surface area contributed by atoms with Gasteiger partial charge in [0.05, 0.1) is 12.1 Å². The van der Waals surface area contributed by atoms with Crippen LogP contribution in [-0.4, -0.2) is 36.0 Å². The summed E-state index contributed by atoms with van der Waals surface area (Å²) in [5.74, 6) is -0.492. The van der Waals surface area contributed by atoms with Gasteiger partial charge >= 0.3 is 5.97 Å². The second-order valence-corrected chi connectivity index (χ2v) is 4.79. The molecule has 0 unspecified atom stereocenters. The zero-order valence-electron chi connectivity index (χ0n) is 12.5. The number of fused-ring (bicyclic) bond motifs is 1. The number of hydrogen-bond acceptors (Lipinski definition) is 4. The molecular formula is C16H21NO4. The number of aromatic hydroxyl groups is 1. The minimum absolute atomic E-state index is 0.00390. The van der Waals surface area contributed by atoms with Crippen LogP contribution in [-0.2, 0) is 16.0 Å². The molecule has 0 radical (unpaired) electrons. The molecule has 2 aromatic rings. The van der Waals surface area contributed by atoms with Gasteiger partial charge in [-0.05, 0) is 31.9 Å². The quantitative estimate of drug-likeness (QED) is 0.629. The van der Waals surface area contributed by atoms with E-state index in [0.29, 0.717) is 18.5 Å². The number of esters is 1. The molecule has 0 aliphatic carbocycles. The number of nitrogens with zero attached hydrogens (tertiary/aromatic N) is 1. The molecule has 1 heterocycles. The molecule has 2 rings (SSSR count). The number of hydrogen-bond donors (Lipinski definition) is 1. The predicted molar refractivity (Wildman–Crippen MR) is 80.7 cm³/mol. The Morgan fingerprint density at radius 3 is 2.76 bits per heavy atom. The fraction of sp³-hybridized carbons (Fsp3) is 0.438. The van der Waals surface area contributed by atoms with Gasteiger partial charge in [-0.1, -0.05) is 12.1 Å². The van der Waals surface area contributed by atoms with Crippen molar-refractivity contribution in [2.24, 2.45) is 0 Å². The van der Waals surface area contributed by atoms with Gasteiger partial charge in [0.25, 0.3) is 0 Å². The zero-order chi connectivity index (χ0) is 15.2. The summed E-state index contributed by atoms with van der Waals surface area (Å²) in [6, 6.07) is 7.43. The van der Waals surface area contributed by atoms with E-state index in [1.165, 1.54) is 0 Å². The lowest BCUT2D eigenvalue weighted by molar-refractivity contribution is 0.0510. The highest BCUT2D eigenvalue weighted by Crippen LogP contribution is 2.32. The lowest BCUT2D eigenvalue weighted by atomic mass is 10.2. The molecule has 5 nitrogen and oxygen atoms in total. The number of methoxy groups -OCH3 is 1. The van der Waals surface area contributed by atoms with Crippen LogP contribution >= 0.6 is 0 Å². The van der Waals surface area contributed by atoms with E-state index in [1.807, 2.05) is 22.8 Å². The average molecular weight is 291 g/mol. The van der Waals surface area contributed by atoms with E-state index in [4.69, 9.17) is 9.47 Å². The van der Waals surface area contributed by atoms with Crippen LogP contribution in [0.2, 0.25) is 0 Å². The zero-order valence-corrected chi connectivity index (χ0v) is 12.5. The van der Waals surface area contributed by atoms with E-state index < -0.39 is 5.97 Å². The number of carbonyl (C=O) groups is 1. The van der Waals surface area contributed by atoms with E-state index >= 15 is 0 Å². The van der Waals surface area contributed by atoms with Crippen molar-refractivity contribution in [2.75, 3.05) is 20.3 Å². The monoisotopic (exact) mass is 291 g/mol. The van der Waals surface area contributed by atoms with Gasteiger partial charge in [0, 0.05) is 25.6 Å². The molecule has 0 saturated heterocycles. The van der Waals surface area contributed by atoms with Gasteiger partial charge in [-0.3, -0.25) is 0 Å². The summed E-state index contributed by atoms with van der Waals surface area (Å²) in [4.78, 5) is 12.1. The predicted octanol–water partition coefficient (Wildman–Crippen LogP) is 2.95. The Hall–Kier alpha value is -2.01. The van der Waals surface area contributed by atoms with Gasteiger partial charge in [-0.2, -0.15) is 0 Å². The van der Waals surface area contributed by atoms with Gasteiger partial charge in [0.15, 0.2) is 11.4 Å². The van der Waals surface area contributed by atoms with Crippen molar-refractivity contribution in [1.29, 1.82) is 0 Å². The molecule has 1 aromatic carbocycles. The van der Waals surface area contributed by atoms with Crippen LogP contribution in [0.15, 0.2) is 24.3 Å². The number of aromatic nitrogens is 1. The Bertz CT molecular complexity index is 618.